The minimum atomic E-state index is -1.64. The van der Waals surface area contributed by atoms with Crippen molar-refractivity contribution in [2.75, 3.05) is 0 Å². The molecule has 0 spiro atoms. The van der Waals surface area contributed by atoms with Gasteiger partial charge in [0.15, 0.2) is 5.78 Å². The second-order valence-electron chi connectivity index (χ2n) is 1.83. The first-order valence-electron chi connectivity index (χ1n) is 2.56. The van der Waals surface area contributed by atoms with Gasteiger partial charge in [-0.15, -0.1) is 0 Å². The van der Waals surface area contributed by atoms with Gasteiger partial charge in [-0.25, -0.2) is 0 Å². The standard InChI is InChI=1S/C5H4Br3ClO2/c1-2(6)3(10)5(8,9)4(7)11/h2H,1H3. The zero-order valence-electron chi connectivity index (χ0n) is 5.41. The molecule has 0 amide bonds. The molecule has 0 aromatic heterocycles. The first-order valence-corrected chi connectivity index (χ1v) is 5.44. The Morgan fingerprint density at radius 3 is 2.00 bits per heavy atom. The highest BCUT2D eigenvalue weighted by atomic mass is 79.9. The van der Waals surface area contributed by atoms with Crippen LogP contribution in [0.15, 0.2) is 0 Å². The van der Waals surface area contributed by atoms with Gasteiger partial charge in [-0.3, -0.25) is 9.59 Å². The Morgan fingerprint density at radius 2 is 1.91 bits per heavy atom. The second kappa shape index (κ2) is 4.35. The van der Waals surface area contributed by atoms with Crippen LogP contribution in [-0.2, 0) is 9.59 Å². The van der Waals surface area contributed by atoms with E-state index in [9.17, 15) is 9.59 Å². The number of hydrogen-bond acceptors (Lipinski definition) is 2. The number of halogens is 4. The van der Waals surface area contributed by atoms with Gasteiger partial charge in [-0.05, 0) is 38.8 Å². The number of rotatable bonds is 3. The highest BCUT2D eigenvalue weighted by molar-refractivity contribution is 9.20. The normalized spacial score (nSPS) is 18.6. The molecule has 0 fully saturated rings. The van der Waals surface area contributed by atoms with Crippen molar-refractivity contribution in [1.82, 2.24) is 0 Å². The van der Waals surface area contributed by atoms with Crippen LogP contribution in [0.1, 0.15) is 6.92 Å². The number of carbonyl (C=O) groups excluding carboxylic acids is 2. The molecule has 2 atom stereocenters. The summed E-state index contributed by atoms with van der Waals surface area (Å²) in [6, 6.07) is 0. The zero-order chi connectivity index (χ0) is 9.23. The fraction of sp³-hybridized carbons (Fsp3) is 0.600. The third-order valence-corrected chi connectivity index (χ3v) is 3.80. The summed E-state index contributed by atoms with van der Waals surface area (Å²) < 4.78 is -2.24. The maximum Gasteiger partial charge on any atom is 0.237 e. The van der Waals surface area contributed by atoms with Crippen molar-refractivity contribution < 1.29 is 9.59 Å². The summed E-state index contributed by atoms with van der Waals surface area (Å²) >= 11 is 14.0. The predicted octanol–water partition coefficient (Wildman–Crippen LogP) is 2.59. The van der Waals surface area contributed by atoms with Crippen LogP contribution in [0.25, 0.3) is 0 Å². The predicted molar refractivity (Wildman–Crippen MR) is 54.8 cm³/mol. The molecule has 0 aliphatic carbocycles. The lowest BCUT2D eigenvalue weighted by Gasteiger charge is -2.14. The third-order valence-electron chi connectivity index (χ3n) is 0.918. The number of carbonyl (C=O) groups is 2. The first-order chi connectivity index (χ1) is 4.80. The number of Topliss-reactive ketones (excluding diaryl/α,β-unsaturated/α-hetero) is 1. The molecule has 0 aromatic carbocycles. The molecule has 0 aliphatic rings. The highest BCUT2D eigenvalue weighted by Gasteiger charge is 2.41. The average molecular weight is 371 g/mol. The smallest absolute Gasteiger partial charge is 0.237 e. The number of ketones is 1. The largest absolute Gasteiger partial charge is 0.295 e. The van der Waals surface area contributed by atoms with E-state index in [2.05, 4.69) is 47.8 Å². The maximum absolute atomic E-state index is 11.1. The van der Waals surface area contributed by atoms with Crippen LogP contribution in [0.5, 0.6) is 0 Å². The van der Waals surface area contributed by atoms with Crippen molar-refractivity contribution in [3.8, 4) is 0 Å². The van der Waals surface area contributed by atoms with Crippen molar-refractivity contribution in [2.24, 2.45) is 0 Å². The first kappa shape index (κ1) is 12.1. The molecular formula is C5H4Br3ClO2. The fourth-order valence-corrected chi connectivity index (χ4v) is 1.83. The van der Waals surface area contributed by atoms with E-state index in [-0.39, 0.29) is 0 Å². The Balaban J connectivity index is 4.56. The van der Waals surface area contributed by atoms with Crippen molar-refractivity contribution in [3.05, 3.63) is 0 Å². The van der Waals surface area contributed by atoms with Gasteiger partial charge in [0, 0.05) is 0 Å². The van der Waals surface area contributed by atoms with E-state index in [1.807, 2.05) is 0 Å². The monoisotopic (exact) mass is 368 g/mol. The molecule has 2 unspecified atom stereocenters. The van der Waals surface area contributed by atoms with Crippen LogP contribution in [0.4, 0.5) is 0 Å². The Labute approximate surface area is 94.4 Å². The van der Waals surface area contributed by atoms with Crippen LogP contribution in [-0.4, -0.2) is 19.1 Å². The molecule has 6 heteroatoms. The van der Waals surface area contributed by atoms with E-state index >= 15 is 0 Å². The zero-order valence-corrected chi connectivity index (χ0v) is 10.9. The van der Waals surface area contributed by atoms with Crippen LogP contribution in [0.3, 0.4) is 0 Å². The van der Waals surface area contributed by atoms with E-state index in [1.54, 1.807) is 6.92 Å². The average Bonchev–Trinajstić information content (AvgIpc) is 1.85. The molecule has 0 rings (SSSR count). The van der Waals surface area contributed by atoms with E-state index in [0.717, 1.165) is 0 Å². The molecule has 0 radical (unpaired) electrons. The molecule has 0 aliphatic heterocycles. The molecule has 0 N–H and O–H groups in total. The molecule has 0 heterocycles. The van der Waals surface area contributed by atoms with Crippen molar-refractivity contribution in [3.63, 3.8) is 0 Å². The van der Waals surface area contributed by atoms with Crippen molar-refractivity contribution >= 4 is 69.9 Å². The molecule has 2 nitrogen and oxygen atoms in total. The molecule has 0 bridgehead atoms. The quantitative estimate of drug-likeness (QED) is 0.434. The van der Waals surface area contributed by atoms with Gasteiger partial charge in [0.2, 0.25) is 8.48 Å². The lowest BCUT2D eigenvalue weighted by Crippen LogP contribution is -2.36. The summed E-state index contributed by atoms with van der Waals surface area (Å²) in [5.41, 5.74) is 0. The van der Waals surface area contributed by atoms with Crippen molar-refractivity contribution in [2.45, 2.75) is 15.5 Å². The van der Waals surface area contributed by atoms with Gasteiger partial charge in [-0.1, -0.05) is 27.5 Å². The summed E-state index contributed by atoms with van der Waals surface area (Å²) in [6.07, 6.45) is 0. The van der Waals surface area contributed by atoms with E-state index in [1.165, 1.54) is 0 Å². The van der Waals surface area contributed by atoms with E-state index < -0.39 is 19.1 Å². The maximum atomic E-state index is 11.1. The van der Waals surface area contributed by atoms with E-state index in [0.29, 0.717) is 0 Å². The molecule has 0 aromatic rings. The third kappa shape index (κ3) is 3.13. The van der Waals surface area contributed by atoms with Gasteiger partial charge in [0.1, 0.15) is 0 Å². The van der Waals surface area contributed by atoms with Crippen LogP contribution in [0, 0.1) is 0 Å². The van der Waals surface area contributed by atoms with E-state index in [4.69, 9.17) is 11.6 Å². The van der Waals surface area contributed by atoms with Gasteiger partial charge in [0.05, 0.1) is 4.83 Å². The summed E-state index contributed by atoms with van der Waals surface area (Å²) in [6.45, 7) is 1.59. The molecule has 11 heavy (non-hydrogen) atoms. The Bertz CT molecular complexity index is 190. The minimum Gasteiger partial charge on any atom is -0.295 e. The SMILES string of the molecule is CC(Br)C(=O)C(Cl)(Br)C(=O)Br. The summed E-state index contributed by atoms with van der Waals surface area (Å²) in [5, 5.41) is 0. The van der Waals surface area contributed by atoms with Crippen LogP contribution in [0.2, 0.25) is 0 Å². The molecule has 0 saturated heterocycles. The number of alkyl halides is 3. The Morgan fingerprint density at radius 1 is 1.55 bits per heavy atom. The highest BCUT2D eigenvalue weighted by Crippen LogP contribution is 2.31. The van der Waals surface area contributed by atoms with Crippen LogP contribution >= 0.6 is 59.4 Å². The summed E-state index contributed by atoms with van der Waals surface area (Å²) in [5.74, 6) is -0.430. The molecular weight excluding hydrogens is 367 g/mol. The lowest BCUT2D eigenvalue weighted by molar-refractivity contribution is -0.122. The van der Waals surface area contributed by atoms with Gasteiger partial charge >= 0.3 is 0 Å². The Hall–Kier alpha value is 1.07. The second-order valence-corrected chi connectivity index (χ2v) is 6.14. The lowest BCUT2D eigenvalue weighted by atomic mass is 10.2. The Kier molecular flexibility index (Phi) is 4.77. The summed E-state index contributed by atoms with van der Waals surface area (Å²) in [4.78, 5) is 21.4. The fourth-order valence-electron chi connectivity index (χ4n) is 0.347. The molecule has 64 valence electrons. The van der Waals surface area contributed by atoms with Gasteiger partial charge in [-0.2, -0.15) is 0 Å². The van der Waals surface area contributed by atoms with Crippen molar-refractivity contribution in [1.29, 1.82) is 0 Å². The molecule has 0 saturated carbocycles. The minimum absolute atomic E-state index is 0.430. The van der Waals surface area contributed by atoms with Gasteiger partial charge in [0.25, 0.3) is 0 Å². The number of hydrogen-bond donors (Lipinski definition) is 0. The summed E-state index contributed by atoms with van der Waals surface area (Å²) in [7, 11) is 0. The topological polar surface area (TPSA) is 34.1 Å². The van der Waals surface area contributed by atoms with Crippen LogP contribution < -0.4 is 0 Å². The van der Waals surface area contributed by atoms with Gasteiger partial charge < -0.3 is 0 Å².